The molecule has 2 unspecified atom stereocenters. The summed E-state index contributed by atoms with van der Waals surface area (Å²) in [7, 11) is 0. The first-order chi connectivity index (χ1) is 11.5. The predicted octanol–water partition coefficient (Wildman–Crippen LogP) is 2.64. The van der Waals surface area contributed by atoms with Crippen molar-refractivity contribution in [1.29, 1.82) is 0 Å². The number of ether oxygens (including phenoxy) is 1. The van der Waals surface area contributed by atoms with Crippen LogP contribution in [-0.2, 0) is 11.3 Å². The molecule has 0 bridgehead atoms. The molecule has 0 aromatic heterocycles. The Morgan fingerprint density at radius 1 is 1.25 bits per heavy atom. The Morgan fingerprint density at radius 2 is 1.96 bits per heavy atom. The summed E-state index contributed by atoms with van der Waals surface area (Å²) in [5, 5.41) is 14.6. The number of aromatic carboxylic acids is 1. The topological polar surface area (TPSA) is 87.7 Å². The number of rotatable bonds is 6. The van der Waals surface area contributed by atoms with Gasteiger partial charge in [-0.2, -0.15) is 0 Å². The van der Waals surface area contributed by atoms with Crippen LogP contribution < -0.4 is 10.6 Å². The van der Waals surface area contributed by atoms with Gasteiger partial charge < -0.3 is 20.5 Å². The summed E-state index contributed by atoms with van der Waals surface area (Å²) in [5.41, 5.74) is 1.10. The number of hydrogen-bond acceptors (Lipinski definition) is 3. The molecule has 1 heterocycles. The van der Waals surface area contributed by atoms with Crippen LogP contribution in [0.2, 0.25) is 0 Å². The van der Waals surface area contributed by atoms with Crippen molar-refractivity contribution < 1.29 is 19.4 Å². The maximum absolute atomic E-state index is 11.9. The van der Waals surface area contributed by atoms with Crippen LogP contribution in [0.3, 0.4) is 0 Å². The fraction of sp³-hybridized carbons (Fsp3) is 0.556. The molecule has 0 spiro atoms. The first kappa shape index (κ1) is 18.3. The molecule has 1 saturated heterocycles. The number of urea groups is 1. The smallest absolute Gasteiger partial charge is 0.335 e. The van der Waals surface area contributed by atoms with E-state index in [-0.39, 0.29) is 17.7 Å². The molecule has 2 amide bonds. The second kappa shape index (κ2) is 8.68. The van der Waals surface area contributed by atoms with Gasteiger partial charge in [0.25, 0.3) is 0 Å². The Kier molecular flexibility index (Phi) is 6.61. The van der Waals surface area contributed by atoms with E-state index >= 15 is 0 Å². The van der Waals surface area contributed by atoms with Gasteiger partial charge in [0, 0.05) is 19.7 Å². The van der Waals surface area contributed by atoms with E-state index in [0.29, 0.717) is 24.9 Å². The van der Waals surface area contributed by atoms with Crippen molar-refractivity contribution in [2.45, 2.75) is 39.3 Å². The first-order valence-electron chi connectivity index (χ1n) is 8.41. The van der Waals surface area contributed by atoms with Gasteiger partial charge >= 0.3 is 12.0 Å². The number of amides is 2. The van der Waals surface area contributed by atoms with Crippen molar-refractivity contribution >= 4 is 12.0 Å². The van der Waals surface area contributed by atoms with Gasteiger partial charge in [0.15, 0.2) is 0 Å². The summed E-state index contributed by atoms with van der Waals surface area (Å²) in [6.45, 7) is 6.09. The van der Waals surface area contributed by atoms with Gasteiger partial charge in [-0.3, -0.25) is 0 Å². The van der Waals surface area contributed by atoms with Gasteiger partial charge in [0.2, 0.25) is 0 Å². The minimum atomic E-state index is -0.955. The number of nitrogens with one attached hydrogen (secondary N) is 2. The number of carboxylic acid groups (broad SMARTS) is 1. The molecule has 3 N–H and O–H groups in total. The summed E-state index contributed by atoms with van der Waals surface area (Å²) >= 11 is 0. The normalized spacial score (nSPS) is 20.6. The van der Waals surface area contributed by atoms with Crippen LogP contribution in [0.15, 0.2) is 24.3 Å². The highest BCUT2D eigenvalue weighted by Crippen LogP contribution is 2.24. The lowest BCUT2D eigenvalue weighted by Gasteiger charge is -2.32. The third kappa shape index (κ3) is 5.53. The fourth-order valence-electron chi connectivity index (χ4n) is 2.80. The average Bonchev–Trinajstić information content (AvgIpc) is 2.58. The van der Waals surface area contributed by atoms with Crippen LogP contribution in [0.5, 0.6) is 0 Å². The van der Waals surface area contributed by atoms with Crippen molar-refractivity contribution in [2.24, 2.45) is 11.8 Å². The van der Waals surface area contributed by atoms with E-state index in [1.165, 1.54) is 12.1 Å². The summed E-state index contributed by atoms with van der Waals surface area (Å²) in [6.07, 6.45) is 2.23. The number of carbonyl (C=O) groups is 2. The van der Waals surface area contributed by atoms with Crippen LogP contribution in [-0.4, -0.2) is 36.4 Å². The average molecular weight is 334 g/mol. The largest absolute Gasteiger partial charge is 0.478 e. The summed E-state index contributed by atoms with van der Waals surface area (Å²) in [5.74, 6) is -0.00873. The third-order valence-electron chi connectivity index (χ3n) is 4.37. The lowest BCUT2D eigenvalue weighted by molar-refractivity contribution is -0.0331. The molecule has 1 aromatic rings. The Morgan fingerprint density at radius 3 is 2.58 bits per heavy atom. The van der Waals surface area contributed by atoms with Gasteiger partial charge in [-0.05, 0) is 42.4 Å². The van der Waals surface area contributed by atoms with Crippen molar-refractivity contribution in [1.82, 2.24) is 10.6 Å². The summed E-state index contributed by atoms with van der Waals surface area (Å²) in [4.78, 5) is 22.7. The highest BCUT2D eigenvalue weighted by Gasteiger charge is 2.24. The molecular formula is C18H26N2O4. The lowest BCUT2D eigenvalue weighted by atomic mass is 9.90. The second-order valence-corrected chi connectivity index (χ2v) is 6.61. The molecule has 1 aliphatic heterocycles. The minimum absolute atomic E-state index is 0.204. The SMILES string of the molecule is CC(C)C1CC(CNC(=O)NCc2ccc(C(=O)O)cc2)CCO1. The lowest BCUT2D eigenvalue weighted by Crippen LogP contribution is -2.40. The molecule has 0 aliphatic carbocycles. The molecule has 0 radical (unpaired) electrons. The van der Waals surface area contributed by atoms with Crippen LogP contribution in [0, 0.1) is 11.8 Å². The standard InChI is InChI=1S/C18H26N2O4/c1-12(2)16-9-14(7-8-24-16)11-20-18(23)19-10-13-3-5-15(6-4-13)17(21)22/h3-6,12,14,16H,7-11H2,1-2H3,(H,21,22)(H2,19,20,23). The molecule has 132 valence electrons. The zero-order chi connectivity index (χ0) is 17.5. The Bertz CT molecular complexity index is 557. The predicted molar refractivity (Wildman–Crippen MR) is 90.9 cm³/mol. The van der Waals surface area contributed by atoms with E-state index in [4.69, 9.17) is 9.84 Å². The molecule has 1 aromatic carbocycles. The number of carbonyl (C=O) groups excluding carboxylic acids is 1. The molecule has 2 rings (SSSR count). The molecular weight excluding hydrogens is 308 g/mol. The molecule has 24 heavy (non-hydrogen) atoms. The Balaban J connectivity index is 1.70. The van der Waals surface area contributed by atoms with E-state index in [0.717, 1.165) is 25.0 Å². The van der Waals surface area contributed by atoms with E-state index < -0.39 is 5.97 Å². The van der Waals surface area contributed by atoms with Gasteiger partial charge in [-0.15, -0.1) is 0 Å². The highest BCUT2D eigenvalue weighted by molar-refractivity contribution is 5.87. The number of carboxylic acids is 1. The first-order valence-corrected chi connectivity index (χ1v) is 8.41. The molecule has 6 heteroatoms. The Labute approximate surface area is 142 Å². The number of benzene rings is 1. The van der Waals surface area contributed by atoms with Crippen LogP contribution in [0.1, 0.15) is 42.6 Å². The Hall–Kier alpha value is -2.08. The summed E-state index contributed by atoms with van der Waals surface area (Å²) in [6, 6.07) is 6.27. The van der Waals surface area contributed by atoms with Crippen LogP contribution in [0.25, 0.3) is 0 Å². The molecule has 2 atom stereocenters. The summed E-state index contributed by atoms with van der Waals surface area (Å²) < 4.78 is 5.74. The van der Waals surface area contributed by atoms with Crippen molar-refractivity contribution in [3.63, 3.8) is 0 Å². The second-order valence-electron chi connectivity index (χ2n) is 6.61. The zero-order valence-electron chi connectivity index (χ0n) is 14.2. The molecule has 1 fully saturated rings. The van der Waals surface area contributed by atoms with Crippen LogP contribution >= 0.6 is 0 Å². The molecule has 1 aliphatic rings. The maximum Gasteiger partial charge on any atom is 0.335 e. The highest BCUT2D eigenvalue weighted by atomic mass is 16.5. The zero-order valence-corrected chi connectivity index (χ0v) is 14.2. The monoisotopic (exact) mass is 334 g/mol. The van der Waals surface area contributed by atoms with Gasteiger partial charge in [0.1, 0.15) is 0 Å². The van der Waals surface area contributed by atoms with E-state index in [9.17, 15) is 9.59 Å². The van der Waals surface area contributed by atoms with Crippen molar-refractivity contribution in [3.05, 3.63) is 35.4 Å². The minimum Gasteiger partial charge on any atom is -0.478 e. The third-order valence-corrected chi connectivity index (χ3v) is 4.37. The van der Waals surface area contributed by atoms with Crippen molar-refractivity contribution in [2.75, 3.05) is 13.2 Å². The van der Waals surface area contributed by atoms with Gasteiger partial charge in [-0.25, -0.2) is 9.59 Å². The number of hydrogen-bond donors (Lipinski definition) is 3. The van der Waals surface area contributed by atoms with Crippen LogP contribution in [0.4, 0.5) is 4.79 Å². The fourth-order valence-corrected chi connectivity index (χ4v) is 2.80. The quantitative estimate of drug-likeness (QED) is 0.746. The van der Waals surface area contributed by atoms with Gasteiger partial charge in [0.05, 0.1) is 11.7 Å². The van der Waals surface area contributed by atoms with E-state index in [1.807, 2.05) is 0 Å². The van der Waals surface area contributed by atoms with Gasteiger partial charge in [-0.1, -0.05) is 26.0 Å². The molecule has 0 saturated carbocycles. The maximum atomic E-state index is 11.9. The van der Waals surface area contributed by atoms with E-state index in [2.05, 4.69) is 24.5 Å². The van der Waals surface area contributed by atoms with Crippen molar-refractivity contribution in [3.8, 4) is 0 Å². The molecule has 6 nitrogen and oxygen atoms in total. The van der Waals surface area contributed by atoms with E-state index in [1.54, 1.807) is 12.1 Å².